The van der Waals surface area contributed by atoms with Crippen molar-refractivity contribution in [2.75, 3.05) is 0 Å². The zero-order chi connectivity index (χ0) is 69.9. The molecule has 105 heavy (non-hydrogen) atoms. The largest absolute Gasteiger partial charge is 0.0726 e. The van der Waals surface area contributed by atoms with E-state index in [2.05, 4.69) is 437 Å². The molecule has 0 saturated heterocycles. The van der Waals surface area contributed by atoms with Crippen LogP contribution in [0, 0.1) is 0 Å². The summed E-state index contributed by atoms with van der Waals surface area (Å²) in [6, 6.07) is 152. The molecule has 2 aliphatic carbocycles. The Hall–Kier alpha value is -13.5. The van der Waals surface area contributed by atoms with E-state index in [4.69, 9.17) is 0 Å². The molecule has 0 heterocycles. The van der Waals surface area contributed by atoms with Crippen molar-refractivity contribution in [3.63, 3.8) is 0 Å². The van der Waals surface area contributed by atoms with Gasteiger partial charge in [0.25, 0.3) is 0 Å². The fraction of sp³-hybridized carbons (Fsp3) is 0.00952. The highest BCUT2D eigenvalue weighted by molar-refractivity contribution is 6.00. The first-order chi connectivity index (χ1) is 52.0. The van der Waals surface area contributed by atoms with E-state index < -0.39 is 5.41 Å². The van der Waals surface area contributed by atoms with E-state index in [0.717, 1.165) is 44.5 Å². The molecule has 2 aliphatic rings. The summed E-state index contributed by atoms with van der Waals surface area (Å²) >= 11 is 0. The van der Waals surface area contributed by atoms with Gasteiger partial charge in [-0.15, -0.1) is 0 Å². The maximum absolute atomic E-state index is 2.53. The van der Waals surface area contributed by atoms with Crippen molar-refractivity contribution < 1.29 is 0 Å². The molecule has 18 rings (SSSR count). The van der Waals surface area contributed by atoms with E-state index in [-0.39, 0.29) is 0 Å². The molecule has 1 spiro atoms. The Kier molecular flexibility index (Phi) is 17.0. The molecule has 16 aromatic carbocycles. The molecular weight excluding hydrogens is 1260 g/mol. The molecular formula is C105H72. The summed E-state index contributed by atoms with van der Waals surface area (Å²) in [5.74, 6) is 0. The van der Waals surface area contributed by atoms with Gasteiger partial charge in [-0.05, 0) is 227 Å². The van der Waals surface area contributed by atoms with Crippen LogP contribution < -0.4 is 0 Å². The van der Waals surface area contributed by atoms with Crippen LogP contribution in [-0.4, -0.2) is 0 Å². The number of benzene rings is 16. The van der Waals surface area contributed by atoms with Gasteiger partial charge >= 0.3 is 0 Å². The van der Waals surface area contributed by atoms with E-state index in [9.17, 15) is 0 Å². The van der Waals surface area contributed by atoms with Gasteiger partial charge in [-0.1, -0.05) is 388 Å². The number of fused-ring (bicyclic) bond motifs is 10. The molecule has 0 heteroatoms. The van der Waals surface area contributed by atoms with E-state index in [1.807, 2.05) is 0 Å². The molecule has 0 nitrogen and oxygen atoms in total. The fourth-order valence-electron chi connectivity index (χ4n) is 16.0. The number of hydrogen-bond donors (Lipinski definition) is 0. The van der Waals surface area contributed by atoms with Crippen LogP contribution in [0.25, 0.3) is 113 Å². The van der Waals surface area contributed by atoms with E-state index in [0.29, 0.717) is 0 Å². The van der Waals surface area contributed by atoms with E-state index in [1.165, 1.54) is 134 Å². The highest BCUT2D eigenvalue weighted by Crippen LogP contribution is 2.64. The second kappa shape index (κ2) is 28.1. The molecule has 0 saturated carbocycles. The third-order valence-electron chi connectivity index (χ3n) is 21.2. The molecule has 0 atom stereocenters. The lowest BCUT2D eigenvalue weighted by molar-refractivity contribution is 0.795. The molecule has 0 aliphatic heterocycles. The molecule has 492 valence electrons. The predicted molar refractivity (Wildman–Crippen MR) is 444 cm³/mol. The topological polar surface area (TPSA) is 0 Å². The van der Waals surface area contributed by atoms with Gasteiger partial charge in [-0.2, -0.15) is 0 Å². The predicted octanol–water partition coefficient (Wildman–Crippen LogP) is 27.1. The van der Waals surface area contributed by atoms with Gasteiger partial charge < -0.3 is 0 Å². The summed E-state index contributed by atoms with van der Waals surface area (Å²) in [5, 5.41) is 0. The first-order valence-corrected chi connectivity index (χ1v) is 36.3. The lowest BCUT2D eigenvalue weighted by Crippen LogP contribution is -2.26. The van der Waals surface area contributed by atoms with Crippen LogP contribution in [0.5, 0.6) is 0 Å². The smallest absolute Gasteiger partial charge is 0.0622 e. The lowest BCUT2D eigenvalue weighted by Gasteiger charge is -2.32. The fourth-order valence-corrected chi connectivity index (χ4v) is 16.0. The number of hydrogen-bond acceptors (Lipinski definition) is 0. The molecule has 0 amide bonds. The summed E-state index contributed by atoms with van der Waals surface area (Å²) in [5.41, 5.74) is 37.5. The Balaban J connectivity index is 0.810. The summed E-state index contributed by atoms with van der Waals surface area (Å²) < 4.78 is 0. The summed E-state index contributed by atoms with van der Waals surface area (Å²) in [6.45, 7) is 0. The quantitative estimate of drug-likeness (QED) is 0.0846. The average molecular weight is 1330 g/mol. The van der Waals surface area contributed by atoms with Gasteiger partial charge in [0.1, 0.15) is 0 Å². The summed E-state index contributed by atoms with van der Waals surface area (Å²) in [6.07, 6.45) is 9.30. The zero-order valence-electron chi connectivity index (χ0n) is 58.1. The van der Waals surface area contributed by atoms with Crippen molar-refractivity contribution in [1.82, 2.24) is 0 Å². The highest BCUT2D eigenvalue weighted by atomic mass is 14.5. The Morgan fingerprint density at radius 1 is 0.152 bits per heavy atom. The molecule has 0 fully saturated rings. The van der Waals surface area contributed by atoms with Crippen LogP contribution in [0.15, 0.2) is 413 Å². The van der Waals surface area contributed by atoms with Gasteiger partial charge in [0.2, 0.25) is 0 Å². The first-order valence-electron chi connectivity index (χ1n) is 36.3. The Labute approximate surface area is 616 Å². The maximum atomic E-state index is 2.53. The van der Waals surface area contributed by atoms with Crippen molar-refractivity contribution in [3.05, 3.63) is 502 Å². The van der Waals surface area contributed by atoms with Crippen molar-refractivity contribution in [2.45, 2.75) is 5.41 Å². The van der Waals surface area contributed by atoms with Crippen LogP contribution in [0.1, 0.15) is 89.0 Å². The van der Waals surface area contributed by atoms with Crippen molar-refractivity contribution >= 4 is 46.6 Å². The second-order valence-electron chi connectivity index (χ2n) is 27.4. The van der Waals surface area contributed by atoms with E-state index >= 15 is 0 Å². The average Bonchev–Trinajstić information content (AvgIpc) is 1.50. The third kappa shape index (κ3) is 12.5. The lowest BCUT2D eigenvalue weighted by atomic mass is 9.69. The van der Waals surface area contributed by atoms with Crippen molar-refractivity contribution in [1.29, 1.82) is 0 Å². The monoisotopic (exact) mass is 1330 g/mol. The van der Waals surface area contributed by atoms with Crippen LogP contribution in [0.3, 0.4) is 0 Å². The molecule has 0 bridgehead atoms. The molecule has 0 unspecified atom stereocenters. The zero-order valence-corrected chi connectivity index (χ0v) is 58.1. The Morgan fingerprint density at radius 2 is 0.305 bits per heavy atom. The van der Waals surface area contributed by atoms with Gasteiger partial charge in [-0.25, -0.2) is 0 Å². The normalized spacial score (nSPS) is 11.9. The van der Waals surface area contributed by atoms with Gasteiger partial charge in [-0.3, -0.25) is 0 Å². The second-order valence-corrected chi connectivity index (χ2v) is 27.4. The third-order valence-corrected chi connectivity index (χ3v) is 21.2. The SMILES string of the molecule is C(=C(c1ccccc1)c1ccccc1)c1ccc(-c2ccc3c(c2)C2(c4cc(-c5ccc(C=C(c6ccccc6)c6ccccc6)cc5)ccc4-3)c3cc(-c4ccc(C=C(c5ccccc5)c5ccccc5)cc4)ccc3-c3ccc(-c4ccc(C=C(c5ccccc5)c5ccccc5)cc4)cc32)cc1. The molecule has 0 radical (unpaired) electrons. The Morgan fingerprint density at radius 3 is 0.467 bits per heavy atom. The van der Waals surface area contributed by atoms with Crippen molar-refractivity contribution in [2.24, 2.45) is 0 Å². The summed E-state index contributed by atoms with van der Waals surface area (Å²) in [7, 11) is 0. The van der Waals surface area contributed by atoms with Gasteiger partial charge in [0, 0.05) is 0 Å². The van der Waals surface area contributed by atoms with E-state index in [1.54, 1.807) is 0 Å². The Bertz CT molecular complexity index is 5020. The first kappa shape index (κ1) is 63.6. The standard InChI is InChI=1S/C105H72/c1-9-25-81(26-10-1)97(82-27-11-2-12-28-82)65-73-41-49-77(50-42-73)89-57-61-93-94-62-58-90(78-51-43-74(44-52-78)66-98(83-29-13-3-14-30-83)84-31-15-4-16-32-84)70-102(94)105(101(93)69-89)103-71-91(79-53-45-75(46-54-79)67-99(85-33-17-5-18-34-85)86-35-19-6-20-36-86)59-63-95(103)96-64-60-92(72-104(96)105)80-55-47-76(48-56-80)68-100(87-37-21-7-22-38-87)88-39-23-8-24-40-88/h1-72H. The molecule has 16 aromatic rings. The van der Waals surface area contributed by atoms with Crippen LogP contribution >= 0.6 is 0 Å². The minimum Gasteiger partial charge on any atom is -0.0622 e. The summed E-state index contributed by atoms with van der Waals surface area (Å²) in [4.78, 5) is 0. The van der Waals surface area contributed by atoms with Crippen LogP contribution in [-0.2, 0) is 5.41 Å². The molecule has 0 N–H and O–H groups in total. The molecule has 0 aromatic heterocycles. The van der Waals surface area contributed by atoms with Crippen LogP contribution in [0.2, 0.25) is 0 Å². The highest BCUT2D eigenvalue weighted by Gasteiger charge is 2.52. The van der Waals surface area contributed by atoms with Gasteiger partial charge in [0.15, 0.2) is 0 Å². The minimum atomic E-state index is -0.745. The van der Waals surface area contributed by atoms with Crippen molar-refractivity contribution in [3.8, 4) is 66.8 Å². The van der Waals surface area contributed by atoms with Gasteiger partial charge in [0.05, 0.1) is 5.41 Å². The number of rotatable bonds is 16. The van der Waals surface area contributed by atoms with Crippen LogP contribution in [0.4, 0.5) is 0 Å². The minimum absolute atomic E-state index is 0.745. The maximum Gasteiger partial charge on any atom is 0.0726 e.